The first kappa shape index (κ1) is 9.46. The Balaban J connectivity index is 1.39. The van der Waals surface area contributed by atoms with Crippen LogP contribution >= 0.6 is 0 Å². The van der Waals surface area contributed by atoms with E-state index in [-0.39, 0.29) is 0 Å². The molecule has 2 aliphatic carbocycles. The highest BCUT2D eigenvalue weighted by Gasteiger charge is 2.46. The molecule has 3 nitrogen and oxygen atoms in total. The van der Waals surface area contributed by atoms with Crippen LogP contribution in [0.25, 0.3) is 0 Å². The summed E-state index contributed by atoms with van der Waals surface area (Å²) in [5.74, 6) is 2.47. The van der Waals surface area contributed by atoms with Crippen LogP contribution in [0.2, 0.25) is 0 Å². The summed E-state index contributed by atoms with van der Waals surface area (Å²) < 4.78 is 0. The minimum Gasteiger partial charge on any atom is -0.342 e. The molecule has 2 unspecified atom stereocenters. The third kappa shape index (κ3) is 1.48. The van der Waals surface area contributed by atoms with E-state index >= 15 is 0 Å². The summed E-state index contributed by atoms with van der Waals surface area (Å²) in [5.41, 5.74) is 0. The molecule has 0 radical (unpaired) electrons. The topological polar surface area (TPSA) is 23.6 Å². The lowest BCUT2D eigenvalue weighted by molar-refractivity contribution is -0.131. The van der Waals surface area contributed by atoms with Gasteiger partial charge in [0.2, 0.25) is 5.91 Å². The molecule has 0 aromatic carbocycles. The third-order valence-corrected chi connectivity index (χ3v) is 4.82. The van der Waals surface area contributed by atoms with Gasteiger partial charge in [-0.05, 0) is 37.5 Å². The van der Waals surface area contributed by atoms with Gasteiger partial charge >= 0.3 is 0 Å². The molecular formula is C13H20N2O. The Morgan fingerprint density at radius 3 is 2.00 bits per heavy atom. The smallest absolute Gasteiger partial charge is 0.225 e. The number of nitrogens with zero attached hydrogens (tertiary/aromatic N) is 2. The second kappa shape index (κ2) is 3.22. The molecule has 4 aliphatic rings. The number of rotatable bonds is 2. The van der Waals surface area contributed by atoms with Gasteiger partial charge < -0.3 is 4.90 Å². The Labute approximate surface area is 96.8 Å². The zero-order valence-corrected chi connectivity index (χ0v) is 9.77. The number of hydrogen-bond acceptors (Lipinski definition) is 2. The minimum absolute atomic E-state index is 0.415. The van der Waals surface area contributed by atoms with E-state index in [4.69, 9.17) is 0 Å². The fourth-order valence-electron chi connectivity index (χ4n) is 3.54. The normalized spacial score (nSPS) is 39.1. The van der Waals surface area contributed by atoms with Gasteiger partial charge in [0.1, 0.15) is 0 Å². The predicted octanol–water partition coefficient (Wildman–Crippen LogP) is 0.949. The Hall–Kier alpha value is -0.570. The van der Waals surface area contributed by atoms with Gasteiger partial charge in [-0.1, -0.05) is 0 Å². The first-order valence-electron chi connectivity index (χ1n) is 6.84. The number of carbonyl (C=O) groups excluding carboxylic acids is 1. The van der Waals surface area contributed by atoms with Crippen molar-refractivity contribution in [3.05, 3.63) is 0 Å². The molecule has 0 N–H and O–H groups in total. The second-order valence-electron chi connectivity index (χ2n) is 6.22. The largest absolute Gasteiger partial charge is 0.342 e. The zero-order chi connectivity index (χ0) is 10.7. The van der Waals surface area contributed by atoms with E-state index in [2.05, 4.69) is 9.80 Å². The van der Waals surface area contributed by atoms with Gasteiger partial charge in [-0.25, -0.2) is 0 Å². The number of carbonyl (C=O) groups is 1. The maximum absolute atomic E-state index is 12.0. The predicted molar refractivity (Wildman–Crippen MR) is 60.9 cm³/mol. The summed E-state index contributed by atoms with van der Waals surface area (Å²) in [4.78, 5) is 16.8. The number of likely N-dealkylation sites (tertiary alicyclic amines) is 2. The molecule has 2 aliphatic heterocycles. The average Bonchev–Trinajstić information content (AvgIpc) is 3.14. The Morgan fingerprint density at radius 2 is 1.50 bits per heavy atom. The third-order valence-electron chi connectivity index (χ3n) is 4.82. The Morgan fingerprint density at radius 1 is 0.875 bits per heavy atom. The number of fused-ring (bicyclic) bond motifs is 1. The molecule has 2 saturated heterocycles. The van der Waals surface area contributed by atoms with Crippen LogP contribution in [0.1, 0.15) is 25.7 Å². The van der Waals surface area contributed by atoms with Crippen LogP contribution < -0.4 is 0 Å². The van der Waals surface area contributed by atoms with Crippen molar-refractivity contribution >= 4 is 5.91 Å². The van der Waals surface area contributed by atoms with Crippen LogP contribution in [0.15, 0.2) is 0 Å². The van der Waals surface area contributed by atoms with Crippen molar-refractivity contribution in [3.8, 4) is 0 Å². The van der Waals surface area contributed by atoms with Crippen LogP contribution in [0.4, 0.5) is 0 Å². The molecular weight excluding hydrogens is 200 g/mol. The molecule has 1 amide bonds. The van der Waals surface area contributed by atoms with Crippen molar-refractivity contribution in [1.29, 1.82) is 0 Å². The zero-order valence-electron chi connectivity index (χ0n) is 9.77. The van der Waals surface area contributed by atoms with Gasteiger partial charge in [0.25, 0.3) is 0 Å². The van der Waals surface area contributed by atoms with Crippen molar-refractivity contribution in [1.82, 2.24) is 9.80 Å². The number of hydrogen-bond donors (Lipinski definition) is 0. The molecule has 3 heteroatoms. The molecule has 2 atom stereocenters. The quantitative estimate of drug-likeness (QED) is 0.692. The second-order valence-corrected chi connectivity index (χ2v) is 6.22. The molecule has 0 aromatic rings. The van der Waals surface area contributed by atoms with E-state index in [0.717, 1.165) is 43.8 Å². The summed E-state index contributed by atoms with van der Waals surface area (Å²) in [5, 5.41) is 0. The SMILES string of the molecule is O=C(C1CC1)N1CC2CN(C3CC3)CC2C1. The van der Waals surface area contributed by atoms with Gasteiger partial charge in [0, 0.05) is 38.1 Å². The van der Waals surface area contributed by atoms with Gasteiger partial charge in [-0.3, -0.25) is 9.69 Å². The molecule has 4 fully saturated rings. The van der Waals surface area contributed by atoms with Crippen LogP contribution in [-0.4, -0.2) is 47.9 Å². The lowest BCUT2D eigenvalue weighted by Gasteiger charge is -2.21. The first-order valence-corrected chi connectivity index (χ1v) is 6.84. The van der Waals surface area contributed by atoms with E-state index in [1.165, 1.54) is 25.9 Å². The monoisotopic (exact) mass is 220 g/mol. The Kier molecular flexibility index (Phi) is 1.90. The van der Waals surface area contributed by atoms with Crippen molar-refractivity contribution < 1.29 is 4.79 Å². The minimum atomic E-state index is 0.415. The lowest BCUT2D eigenvalue weighted by Crippen LogP contribution is -2.34. The highest BCUT2D eigenvalue weighted by molar-refractivity contribution is 5.81. The van der Waals surface area contributed by atoms with E-state index in [0.29, 0.717) is 11.8 Å². The summed E-state index contributed by atoms with van der Waals surface area (Å²) in [6.07, 6.45) is 5.14. The molecule has 0 bridgehead atoms. The molecule has 2 saturated carbocycles. The molecule has 2 heterocycles. The van der Waals surface area contributed by atoms with Gasteiger partial charge in [0.05, 0.1) is 0 Å². The lowest BCUT2D eigenvalue weighted by atomic mass is 10.0. The standard InChI is InChI=1S/C13H20N2O/c16-13(9-1-2-9)15-7-10-5-14(12-3-4-12)6-11(10)8-15/h9-12H,1-8H2. The van der Waals surface area contributed by atoms with Crippen LogP contribution in [0.5, 0.6) is 0 Å². The van der Waals surface area contributed by atoms with Crippen molar-refractivity contribution in [2.24, 2.45) is 17.8 Å². The van der Waals surface area contributed by atoms with Crippen LogP contribution in [-0.2, 0) is 4.79 Å². The van der Waals surface area contributed by atoms with E-state index < -0.39 is 0 Å². The van der Waals surface area contributed by atoms with E-state index in [9.17, 15) is 4.79 Å². The van der Waals surface area contributed by atoms with Crippen molar-refractivity contribution in [2.75, 3.05) is 26.2 Å². The van der Waals surface area contributed by atoms with Gasteiger partial charge in [0.15, 0.2) is 0 Å². The summed E-state index contributed by atoms with van der Waals surface area (Å²) in [7, 11) is 0. The highest BCUT2D eigenvalue weighted by Crippen LogP contribution is 2.39. The average molecular weight is 220 g/mol. The van der Waals surface area contributed by atoms with Gasteiger partial charge in [-0.2, -0.15) is 0 Å². The van der Waals surface area contributed by atoms with Crippen LogP contribution in [0, 0.1) is 17.8 Å². The summed E-state index contributed by atoms with van der Waals surface area (Å²) >= 11 is 0. The fraction of sp³-hybridized carbons (Fsp3) is 0.923. The molecule has 88 valence electrons. The van der Waals surface area contributed by atoms with E-state index in [1.807, 2.05) is 0 Å². The first-order chi connectivity index (χ1) is 7.81. The summed E-state index contributed by atoms with van der Waals surface area (Å²) in [6.45, 7) is 4.65. The van der Waals surface area contributed by atoms with E-state index in [1.54, 1.807) is 0 Å². The molecule has 0 spiro atoms. The van der Waals surface area contributed by atoms with Crippen molar-refractivity contribution in [3.63, 3.8) is 0 Å². The summed E-state index contributed by atoms with van der Waals surface area (Å²) in [6, 6.07) is 0.915. The maximum atomic E-state index is 12.0. The molecule has 16 heavy (non-hydrogen) atoms. The van der Waals surface area contributed by atoms with Gasteiger partial charge in [-0.15, -0.1) is 0 Å². The Bertz CT molecular complexity index is 308. The highest BCUT2D eigenvalue weighted by atomic mass is 16.2. The molecule has 4 rings (SSSR count). The maximum Gasteiger partial charge on any atom is 0.225 e. The number of amides is 1. The molecule has 0 aromatic heterocycles. The van der Waals surface area contributed by atoms with Crippen LogP contribution in [0.3, 0.4) is 0 Å². The fourth-order valence-corrected chi connectivity index (χ4v) is 3.54. The van der Waals surface area contributed by atoms with Crippen molar-refractivity contribution in [2.45, 2.75) is 31.7 Å².